The maximum absolute atomic E-state index is 13.3. The minimum absolute atomic E-state index is 0.0672. The van der Waals surface area contributed by atoms with E-state index in [1.54, 1.807) is 27.7 Å². The number of carbonyl (C=O) groups excluding carboxylic acids is 1. The predicted octanol–water partition coefficient (Wildman–Crippen LogP) is 4.99. The highest BCUT2D eigenvalue weighted by Crippen LogP contribution is 2.24. The van der Waals surface area contributed by atoms with E-state index in [0.29, 0.717) is 40.4 Å². The van der Waals surface area contributed by atoms with Gasteiger partial charge in [-0.25, -0.2) is 4.98 Å². The fourth-order valence-electron chi connectivity index (χ4n) is 3.55. The summed E-state index contributed by atoms with van der Waals surface area (Å²) in [5.74, 6) is 0.503. The van der Waals surface area contributed by atoms with Crippen LogP contribution in [0.15, 0.2) is 47.3 Å². The summed E-state index contributed by atoms with van der Waals surface area (Å²) >= 11 is 6.12. The van der Waals surface area contributed by atoms with Crippen LogP contribution < -0.4 is 5.56 Å². The molecule has 0 saturated carbocycles. The van der Waals surface area contributed by atoms with Gasteiger partial charge < -0.3 is 4.90 Å². The predicted molar refractivity (Wildman–Crippen MR) is 118 cm³/mol. The summed E-state index contributed by atoms with van der Waals surface area (Å²) in [5.41, 5.74) is 2.16. The van der Waals surface area contributed by atoms with Crippen LogP contribution in [0.25, 0.3) is 10.9 Å². The lowest BCUT2D eigenvalue weighted by molar-refractivity contribution is 0.0679. The molecule has 0 saturated heterocycles. The lowest BCUT2D eigenvalue weighted by Gasteiger charge is -2.30. The van der Waals surface area contributed by atoms with Crippen molar-refractivity contribution < 1.29 is 4.79 Å². The number of nitrogens with zero attached hydrogens (tertiary/aromatic N) is 3. The van der Waals surface area contributed by atoms with Gasteiger partial charge >= 0.3 is 0 Å². The van der Waals surface area contributed by atoms with Gasteiger partial charge in [0.25, 0.3) is 11.5 Å². The zero-order valence-electron chi connectivity index (χ0n) is 17.3. The lowest BCUT2D eigenvalue weighted by atomic mass is 10.1. The zero-order valence-corrected chi connectivity index (χ0v) is 18.0. The van der Waals surface area contributed by atoms with Crippen molar-refractivity contribution in [2.45, 2.75) is 46.7 Å². The molecule has 0 spiro atoms. The molecule has 2 aromatic carbocycles. The van der Waals surface area contributed by atoms with Crippen molar-refractivity contribution >= 4 is 28.4 Å². The topological polar surface area (TPSA) is 55.2 Å². The molecule has 0 aliphatic heterocycles. The first-order valence-corrected chi connectivity index (χ1v) is 10.3. The summed E-state index contributed by atoms with van der Waals surface area (Å²) < 4.78 is 1.64. The maximum Gasteiger partial charge on any atom is 0.261 e. The molecule has 3 rings (SSSR count). The average molecular weight is 412 g/mol. The highest BCUT2D eigenvalue weighted by molar-refractivity contribution is 6.31. The number of amides is 1. The van der Waals surface area contributed by atoms with E-state index in [1.807, 2.05) is 52.0 Å². The number of rotatable bonds is 6. The van der Waals surface area contributed by atoms with Crippen molar-refractivity contribution in [2.24, 2.45) is 0 Å². The van der Waals surface area contributed by atoms with Crippen LogP contribution in [-0.4, -0.2) is 26.9 Å². The largest absolute Gasteiger partial charge is 0.329 e. The van der Waals surface area contributed by atoms with Crippen molar-refractivity contribution in [3.63, 3.8) is 0 Å². The van der Waals surface area contributed by atoms with Gasteiger partial charge in [0, 0.05) is 23.7 Å². The lowest BCUT2D eigenvalue weighted by Crippen LogP contribution is -2.38. The molecule has 1 atom stereocenters. The number of aryl methyl sites for hydroxylation is 1. The van der Waals surface area contributed by atoms with Gasteiger partial charge in [0.15, 0.2) is 0 Å². The molecule has 1 aromatic heterocycles. The Hall–Kier alpha value is -2.66. The third kappa shape index (κ3) is 4.20. The van der Waals surface area contributed by atoms with E-state index in [9.17, 15) is 9.59 Å². The molecule has 29 heavy (non-hydrogen) atoms. The van der Waals surface area contributed by atoms with Crippen LogP contribution in [0.1, 0.15) is 55.0 Å². The third-order valence-electron chi connectivity index (χ3n) is 5.13. The number of aromatic nitrogens is 2. The van der Waals surface area contributed by atoms with Gasteiger partial charge in [-0.3, -0.25) is 14.2 Å². The Morgan fingerprint density at radius 2 is 1.86 bits per heavy atom. The van der Waals surface area contributed by atoms with Gasteiger partial charge in [0.2, 0.25) is 0 Å². The average Bonchev–Trinajstić information content (AvgIpc) is 2.71. The number of halogens is 1. The molecule has 0 aliphatic carbocycles. The molecule has 0 aliphatic rings. The molecule has 152 valence electrons. The first kappa shape index (κ1) is 21.1. The van der Waals surface area contributed by atoms with Gasteiger partial charge in [0.05, 0.1) is 16.9 Å². The molecule has 1 unspecified atom stereocenters. The van der Waals surface area contributed by atoms with Crippen molar-refractivity contribution in [3.05, 3.63) is 74.8 Å². The van der Waals surface area contributed by atoms with E-state index in [2.05, 4.69) is 0 Å². The Labute approximate surface area is 175 Å². The van der Waals surface area contributed by atoms with Crippen LogP contribution >= 0.6 is 11.6 Å². The number of benzene rings is 2. The van der Waals surface area contributed by atoms with E-state index in [4.69, 9.17) is 16.6 Å². The standard InChI is InChI=1S/C23H26ClN3O2/c1-5-13-27(22(28)17-9-7-15(3)8-10-17)16(4)21-25-20-14-18(24)11-12-19(20)23(29)26(21)6-2/h7-12,14,16H,5-6,13H2,1-4H3. The fraction of sp³-hybridized carbons (Fsp3) is 0.348. The second-order valence-corrected chi connectivity index (χ2v) is 7.66. The molecule has 0 radical (unpaired) electrons. The van der Waals surface area contributed by atoms with Crippen LogP contribution in [0.3, 0.4) is 0 Å². The first-order valence-electron chi connectivity index (χ1n) is 9.95. The molecule has 3 aromatic rings. The number of carbonyl (C=O) groups is 1. The Balaban J connectivity index is 2.11. The maximum atomic E-state index is 13.3. The van der Waals surface area contributed by atoms with Crippen LogP contribution in [0, 0.1) is 6.92 Å². The Bertz CT molecular complexity index is 1090. The fourth-order valence-corrected chi connectivity index (χ4v) is 3.72. The second-order valence-electron chi connectivity index (χ2n) is 7.22. The third-order valence-corrected chi connectivity index (χ3v) is 5.36. The molecule has 6 heteroatoms. The first-order chi connectivity index (χ1) is 13.9. The number of hydrogen-bond acceptors (Lipinski definition) is 3. The molecule has 1 amide bonds. The Morgan fingerprint density at radius 1 is 1.17 bits per heavy atom. The van der Waals surface area contributed by atoms with Crippen molar-refractivity contribution in [3.8, 4) is 0 Å². The molecule has 5 nitrogen and oxygen atoms in total. The van der Waals surface area contributed by atoms with Crippen molar-refractivity contribution in [2.75, 3.05) is 6.54 Å². The van der Waals surface area contributed by atoms with Gasteiger partial charge in [-0.15, -0.1) is 0 Å². The second kappa shape index (κ2) is 8.78. The van der Waals surface area contributed by atoms with Crippen molar-refractivity contribution in [1.29, 1.82) is 0 Å². The Morgan fingerprint density at radius 3 is 2.48 bits per heavy atom. The summed E-state index contributed by atoms with van der Waals surface area (Å²) in [6.07, 6.45) is 0.803. The number of hydrogen-bond donors (Lipinski definition) is 0. The number of fused-ring (bicyclic) bond motifs is 1. The van der Waals surface area contributed by atoms with Crippen LogP contribution in [0.5, 0.6) is 0 Å². The zero-order chi connectivity index (χ0) is 21.1. The van der Waals surface area contributed by atoms with E-state index in [0.717, 1.165) is 12.0 Å². The quantitative estimate of drug-likeness (QED) is 0.574. The molecule has 0 fully saturated rings. The van der Waals surface area contributed by atoms with Crippen LogP contribution in [0.4, 0.5) is 0 Å². The summed E-state index contributed by atoms with van der Waals surface area (Å²) in [4.78, 5) is 32.8. The molecule has 0 bridgehead atoms. The monoisotopic (exact) mass is 411 g/mol. The molecular weight excluding hydrogens is 386 g/mol. The minimum atomic E-state index is -0.361. The van der Waals surface area contributed by atoms with Gasteiger partial charge in [-0.1, -0.05) is 36.2 Å². The molecule has 0 N–H and O–H groups in total. The van der Waals surface area contributed by atoms with Crippen LogP contribution in [0.2, 0.25) is 5.02 Å². The summed E-state index contributed by atoms with van der Waals surface area (Å²) in [6, 6.07) is 12.3. The smallest absolute Gasteiger partial charge is 0.261 e. The highest BCUT2D eigenvalue weighted by atomic mass is 35.5. The molecular formula is C23H26ClN3O2. The van der Waals surface area contributed by atoms with Gasteiger partial charge in [-0.2, -0.15) is 0 Å². The van der Waals surface area contributed by atoms with E-state index < -0.39 is 0 Å². The van der Waals surface area contributed by atoms with E-state index >= 15 is 0 Å². The van der Waals surface area contributed by atoms with Crippen LogP contribution in [-0.2, 0) is 6.54 Å². The normalized spacial score (nSPS) is 12.2. The SMILES string of the molecule is CCCN(C(=O)c1ccc(C)cc1)C(C)c1nc2cc(Cl)ccc2c(=O)n1CC. The summed E-state index contributed by atoms with van der Waals surface area (Å²) in [6.45, 7) is 8.90. The summed E-state index contributed by atoms with van der Waals surface area (Å²) in [5, 5.41) is 1.05. The van der Waals surface area contributed by atoms with Gasteiger partial charge in [-0.05, 0) is 57.5 Å². The highest BCUT2D eigenvalue weighted by Gasteiger charge is 2.26. The van der Waals surface area contributed by atoms with E-state index in [1.165, 1.54) is 0 Å². The van der Waals surface area contributed by atoms with E-state index in [-0.39, 0.29) is 17.5 Å². The van der Waals surface area contributed by atoms with Gasteiger partial charge in [0.1, 0.15) is 5.82 Å². The Kier molecular flexibility index (Phi) is 6.38. The molecule has 1 heterocycles. The summed E-state index contributed by atoms with van der Waals surface area (Å²) in [7, 11) is 0. The van der Waals surface area contributed by atoms with Crippen molar-refractivity contribution in [1.82, 2.24) is 14.5 Å². The minimum Gasteiger partial charge on any atom is -0.329 e.